The summed E-state index contributed by atoms with van der Waals surface area (Å²) in [6.07, 6.45) is 12.2. The van der Waals surface area contributed by atoms with Gasteiger partial charge in [-0.05, 0) is 72.3 Å². The lowest BCUT2D eigenvalue weighted by Crippen LogP contribution is -2.38. The molecule has 0 radical (unpaired) electrons. The van der Waals surface area contributed by atoms with Crippen molar-refractivity contribution in [3.8, 4) is 0 Å². The minimum absolute atomic E-state index is 0.00319. The summed E-state index contributed by atoms with van der Waals surface area (Å²) in [6.45, 7) is 18.1. The maximum Gasteiger partial charge on any atom is 0.134 e. The van der Waals surface area contributed by atoms with Gasteiger partial charge in [0, 0.05) is 22.4 Å². The maximum absolute atomic E-state index is 15.3. The second-order valence-corrected chi connectivity index (χ2v) is 10.7. The molecule has 2 aliphatic rings. The molecule has 0 saturated carbocycles. The lowest BCUT2D eigenvalue weighted by molar-refractivity contribution is 0.198. The Morgan fingerprint density at radius 2 is 2.00 bits per heavy atom. The van der Waals surface area contributed by atoms with Gasteiger partial charge in [0.15, 0.2) is 0 Å². The Morgan fingerprint density at radius 1 is 1.28 bits per heavy atom. The van der Waals surface area contributed by atoms with Gasteiger partial charge in [0.1, 0.15) is 5.82 Å². The largest absolute Gasteiger partial charge is 0.256 e. The fourth-order valence-corrected chi connectivity index (χ4v) is 6.33. The highest BCUT2D eigenvalue weighted by Crippen LogP contribution is 2.58. The Kier molecular flexibility index (Phi) is 5.72. The quantitative estimate of drug-likeness (QED) is 0.431. The third-order valence-corrected chi connectivity index (χ3v) is 8.53. The van der Waals surface area contributed by atoms with E-state index >= 15 is 4.39 Å². The van der Waals surface area contributed by atoms with E-state index in [1.165, 1.54) is 22.3 Å². The van der Waals surface area contributed by atoms with Gasteiger partial charge in [0.05, 0.1) is 5.69 Å². The molecular weight excluding hydrogens is 393 g/mol. The van der Waals surface area contributed by atoms with Crippen LogP contribution in [-0.4, -0.2) is 4.98 Å². The highest BCUT2D eigenvalue weighted by atomic mass is 19.1. The Hall–Kier alpha value is -2.22. The molecule has 0 bridgehead atoms. The van der Waals surface area contributed by atoms with E-state index in [1.54, 1.807) is 6.20 Å². The molecule has 32 heavy (non-hydrogen) atoms. The van der Waals surface area contributed by atoms with E-state index < -0.39 is 0 Å². The van der Waals surface area contributed by atoms with Crippen molar-refractivity contribution in [1.82, 2.24) is 4.98 Å². The summed E-state index contributed by atoms with van der Waals surface area (Å²) in [4.78, 5) is 4.95. The fraction of sp³-hybridized carbons (Fsp3) is 0.500. The number of nitrogens with zero attached hydrogens (tertiary/aromatic N) is 1. The van der Waals surface area contributed by atoms with E-state index in [0.717, 1.165) is 30.3 Å². The van der Waals surface area contributed by atoms with Gasteiger partial charge in [0.25, 0.3) is 0 Å². The van der Waals surface area contributed by atoms with E-state index in [9.17, 15) is 0 Å². The molecule has 170 valence electrons. The Bertz CT molecular complexity index is 1160. The van der Waals surface area contributed by atoms with Crippen LogP contribution in [0.1, 0.15) is 84.5 Å². The topological polar surface area (TPSA) is 12.9 Å². The molecule has 4 rings (SSSR count). The summed E-state index contributed by atoms with van der Waals surface area (Å²) in [5.41, 5.74) is 6.81. The number of allylic oxidation sites excluding steroid dienone is 6. The van der Waals surface area contributed by atoms with Gasteiger partial charge in [-0.15, -0.1) is 0 Å². The highest BCUT2D eigenvalue weighted by molar-refractivity contribution is 6.01. The minimum atomic E-state index is -0.202. The van der Waals surface area contributed by atoms with Crippen LogP contribution < -0.4 is 0 Å². The first kappa shape index (κ1) is 23.0. The van der Waals surface area contributed by atoms with Crippen molar-refractivity contribution in [2.45, 2.75) is 80.1 Å². The fourth-order valence-electron chi connectivity index (χ4n) is 6.33. The Morgan fingerprint density at radius 3 is 2.66 bits per heavy atom. The zero-order valence-electron chi connectivity index (χ0n) is 21.1. The van der Waals surface area contributed by atoms with E-state index in [0.29, 0.717) is 22.8 Å². The van der Waals surface area contributed by atoms with Crippen LogP contribution in [0.3, 0.4) is 0 Å². The molecule has 2 aliphatic carbocycles. The molecule has 0 amide bonds. The van der Waals surface area contributed by atoms with Crippen LogP contribution in [-0.2, 0) is 5.41 Å². The van der Waals surface area contributed by atoms with Gasteiger partial charge in [-0.3, -0.25) is 4.98 Å². The number of aryl methyl sites for hydroxylation is 1. The van der Waals surface area contributed by atoms with Crippen LogP contribution in [0.2, 0.25) is 0 Å². The van der Waals surface area contributed by atoms with Crippen molar-refractivity contribution in [3.63, 3.8) is 0 Å². The van der Waals surface area contributed by atoms with Gasteiger partial charge in [-0.25, -0.2) is 4.39 Å². The van der Waals surface area contributed by atoms with Crippen LogP contribution >= 0.6 is 0 Å². The number of rotatable bonds is 5. The molecule has 0 N–H and O–H groups in total. The van der Waals surface area contributed by atoms with Crippen molar-refractivity contribution in [2.24, 2.45) is 17.3 Å². The highest BCUT2D eigenvalue weighted by Gasteiger charge is 2.47. The van der Waals surface area contributed by atoms with Gasteiger partial charge in [-0.2, -0.15) is 0 Å². The molecule has 2 aromatic rings. The second kappa shape index (κ2) is 7.97. The van der Waals surface area contributed by atoms with Crippen molar-refractivity contribution in [1.29, 1.82) is 0 Å². The van der Waals surface area contributed by atoms with Crippen molar-refractivity contribution in [3.05, 3.63) is 70.3 Å². The number of pyridine rings is 1. The number of aromatic nitrogens is 1. The number of hydrogen-bond donors (Lipinski definition) is 0. The van der Waals surface area contributed by atoms with Crippen LogP contribution in [0.5, 0.6) is 0 Å². The molecule has 3 atom stereocenters. The van der Waals surface area contributed by atoms with Crippen LogP contribution in [0, 0.1) is 30.0 Å². The molecule has 3 unspecified atom stereocenters. The molecule has 1 aromatic carbocycles. The van der Waals surface area contributed by atoms with Gasteiger partial charge < -0.3 is 0 Å². The third kappa shape index (κ3) is 3.13. The summed E-state index contributed by atoms with van der Waals surface area (Å²) < 4.78 is 15.3. The first-order valence-corrected chi connectivity index (χ1v) is 12.3. The monoisotopic (exact) mass is 431 g/mol. The summed E-state index contributed by atoms with van der Waals surface area (Å²) in [5, 5.41) is 1.73. The van der Waals surface area contributed by atoms with Crippen LogP contribution in [0.4, 0.5) is 4.39 Å². The normalized spacial score (nSPS) is 22.7. The standard InChI is InChI=1S/C30H38FN/c1-9-11-15-30(8,20(5)10-2)22-13-12-18(3)26-25(22)28-24-21(14-16-32-28)27(31)19(4)17-23(24)29(26,6)7/h11-12,14-17,20,22H,9-10,13H2,1-8H3. The zero-order chi connectivity index (χ0) is 23.4. The number of benzene rings is 1. The zero-order valence-corrected chi connectivity index (χ0v) is 21.1. The predicted molar refractivity (Wildman–Crippen MR) is 135 cm³/mol. The molecule has 0 aliphatic heterocycles. The van der Waals surface area contributed by atoms with Gasteiger partial charge >= 0.3 is 0 Å². The van der Waals surface area contributed by atoms with Crippen molar-refractivity contribution >= 4 is 16.3 Å². The van der Waals surface area contributed by atoms with Crippen molar-refractivity contribution < 1.29 is 4.39 Å². The summed E-state index contributed by atoms with van der Waals surface area (Å²) in [5.74, 6) is 0.727. The number of hydrogen-bond acceptors (Lipinski definition) is 1. The lowest BCUT2D eigenvalue weighted by atomic mass is 9.56. The molecule has 1 heterocycles. The summed E-state index contributed by atoms with van der Waals surface area (Å²) in [7, 11) is 0. The van der Waals surface area contributed by atoms with E-state index in [2.05, 4.69) is 72.8 Å². The van der Waals surface area contributed by atoms with Crippen LogP contribution in [0.15, 0.2) is 47.7 Å². The maximum atomic E-state index is 15.3. The summed E-state index contributed by atoms with van der Waals surface area (Å²) in [6, 6.07) is 3.92. The Balaban J connectivity index is 2.10. The third-order valence-electron chi connectivity index (χ3n) is 8.53. The number of halogens is 1. The average molecular weight is 432 g/mol. The second-order valence-electron chi connectivity index (χ2n) is 10.7. The van der Waals surface area contributed by atoms with E-state index in [1.807, 2.05) is 13.0 Å². The van der Waals surface area contributed by atoms with E-state index in [-0.39, 0.29) is 16.6 Å². The molecular formula is C30H38FN. The van der Waals surface area contributed by atoms with Crippen molar-refractivity contribution in [2.75, 3.05) is 0 Å². The summed E-state index contributed by atoms with van der Waals surface area (Å²) >= 11 is 0. The molecule has 0 saturated heterocycles. The Labute approximate surface area is 193 Å². The van der Waals surface area contributed by atoms with Crippen LogP contribution in [0.25, 0.3) is 16.3 Å². The van der Waals surface area contributed by atoms with Gasteiger partial charge in [0.2, 0.25) is 0 Å². The lowest BCUT2D eigenvalue weighted by Gasteiger charge is -2.48. The SMILES string of the molecule is CCC=CC(C)(C(C)CC)C1CC=C(C)C2=C1c1nccc3c(F)c(C)cc(c13)C2(C)C. The van der Waals surface area contributed by atoms with E-state index in [4.69, 9.17) is 4.98 Å². The molecule has 1 aromatic heterocycles. The smallest absolute Gasteiger partial charge is 0.134 e. The average Bonchev–Trinajstić information content (AvgIpc) is 2.77. The first-order valence-electron chi connectivity index (χ1n) is 12.3. The molecule has 2 heteroatoms. The predicted octanol–water partition coefficient (Wildman–Crippen LogP) is 8.71. The minimum Gasteiger partial charge on any atom is -0.256 e. The van der Waals surface area contributed by atoms with Gasteiger partial charge in [-0.1, -0.05) is 77.8 Å². The molecule has 0 fully saturated rings. The number of fused-ring (bicyclic) bond motifs is 1. The molecule has 1 nitrogen and oxygen atoms in total. The molecule has 0 spiro atoms. The first-order chi connectivity index (χ1) is 15.1.